The number of alkyl halides is 1. The lowest BCUT2D eigenvalue weighted by atomic mass is 10.3. The molecule has 18 heavy (non-hydrogen) atoms. The van der Waals surface area contributed by atoms with Crippen molar-refractivity contribution in [3.05, 3.63) is 24.0 Å². The van der Waals surface area contributed by atoms with Gasteiger partial charge in [-0.05, 0) is 18.2 Å². The minimum Gasteiger partial charge on any atom is -0.224 e. The van der Waals surface area contributed by atoms with E-state index in [0.717, 1.165) is 24.5 Å². The van der Waals surface area contributed by atoms with E-state index in [0.29, 0.717) is 4.43 Å². The van der Waals surface area contributed by atoms with Crippen LogP contribution in [0.1, 0.15) is 0 Å². The lowest BCUT2D eigenvalue weighted by molar-refractivity contribution is 0.557. The summed E-state index contributed by atoms with van der Waals surface area (Å²) in [5, 5.41) is 0. The Labute approximate surface area is 119 Å². The largest absolute Gasteiger partial charge is 0.243 e. The number of sulfone groups is 1. The van der Waals surface area contributed by atoms with Gasteiger partial charge in [0.25, 0.3) is 0 Å². The molecule has 0 radical (unpaired) electrons. The molecule has 0 unspecified atom stereocenters. The quantitative estimate of drug-likeness (QED) is 0.448. The third-order valence-electron chi connectivity index (χ3n) is 2.01. The Morgan fingerprint density at radius 1 is 1.28 bits per heavy atom. The summed E-state index contributed by atoms with van der Waals surface area (Å²) in [6.45, 7) is 0.144. The van der Waals surface area contributed by atoms with Gasteiger partial charge in [0.1, 0.15) is 10.7 Å². The van der Waals surface area contributed by atoms with Crippen molar-refractivity contribution in [2.45, 2.75) is 9.79 Å². The Morgan fingerprint density at radius 2 is 1.89 bits per heavy atom. The number of sulfonamides is 1. The van der Waals surface area contributed by atoms with E-state index in [1.165, 1.54) is 0 Å². The maximum atomic E-state index is 13.5. The topological polar surface area (TPSA) is 80.3 Å². The molecule has 0 aliphatic carbocycles. The van der Waals surface area contributed by atoms with Crippen LogP contribution in [0.15, 0.2) is 28.0 Å². The Balaban J connectivity index is 3.33. The van der Waals surface area contributed by atoms with Crippen molar-refractivity contribution in [3.8, 4) is 0 Å². The summed E-state index contributed by atoms with van der Waals surface area (Å²) in [5.41, 5.74) is 0. The molecule has 1 aromatic carbocycles. The van der Waals surface area contributed by atoms with Crippen LogP contribution in [0.2, 0.25) is 0 Å². The van der Waals surface area contributed by atoms with Crippen molar-refractivity contribution in [2.24, 2.45) is 0 Å². The van der Waals surface area contributed by atoms with Crippen LogP contribution in [-0.4, -0.2) is 34.1 Å². The predicted octanol–water partition coefficient (Wildman–Crippen LogP) is 0.943. The first-order chi connectivity index (χ1) is 8.18. The Hall–Kier alpha value is -0.260. The zero-order valence-electron chi connectivity index (χ0n) is 9.35. The highest BCUT2D eigenvalue weighted by Gasteiger charge is 2.21. The molecule has 1 rings (SSSR count). The average Bonchev–Trinajstić information content (AvgIpc) is 2.25. The standard InChI is InChI=1S/C9H11FINO4S2/c1-17(13,14)7-2-3-8(10)9(6-7)18(15,16)12-5-4-11/h2-3,6,12H,4-5H2,1H3. The van der Waals surface area contributed by atoms with E-state index in [2.05, 4.69) is 4.72 Å². The second kappa shape index (κ2) is 5.80. The summed E-state index contributed by atoms with van der Waals surface area (Å²) >= 11 is 1.96. The molecular weight excluding hydrogens is 396 g/mol. The first kappa shape index (κ1) is 15.8. The molecule has 5 nitrogen and oxygen atoms in total. The lowest BCUT2D eigenvalue weighted by Gasteiger charge is -2.07. The molecule has 0 bridgehead atoms. The summed E-state index contributed by atoms with van der Waals surface area (Å²) < 4.78 is 62.2. The molecule has 1 aromatic rings. The number of rotatable bonds is 5. The normalized spacial score (nSPS) is 12.6. The molecule has 1 N–H and O–H groups in total. The van der Waals surface area contributed by atoms with Crippen LogP contribution in [0.25, 0.3) is 0 Å². The van der Waals surface area contributed by atoms with Gasteiger partial charge in [0.2, 0.25) is 10.0 Å². The summed E-state index contributed by atoms with van der Waals surface area (Å²) in [6.07, 6.45) is 0.925. The van der Waals surface area contributed by atoms with Crippen LogP contribution in [-0.2, 0) is 19.9 Å². The molecule has 0 spiro atoms. The highest BCUT2D eigenvalue weighted by Crippen LogP contribution is 2.19. The summed E-state index contributed by atoms with van der Waals surface area (Å²) in [6, 6.07) is 2.68. The van der Waals surface area contributed by atoms with Gasteiger partial charge in [0.15, 0.2) is 9.84 Å². The van der Waals surface area contributed by atoms with E-state index in [1.807, 2.05) is 22.6 Å². The molecule has 0 aliphatic rings. The second-order valence-corrected chi connectivity index (χ2v) is 8.28. The Bertz CT molecular complexity index is 643. The van der Waals surface area contributed by atoms with Crippen LogP contribution in [0.3, 0.4) is 0 Å². The van der Waals surface area contributed by atoms with Gasteiger partial charge in [0.05, 0.1) is 4.90 Å². The molecule has 0 aliphatic heterocycles. The SMILES string of the molecule is CS(=O)(=O)c1ccc(F)c(S(=O)(=O)NCCI)c1. The first-order valence-corrected chi connectivity index (χ1v) is 9.64. The fourth-order valence-corrected chi connectivity index (χ4v) is 3.66. The highest BCUT2D eigenvalue weighted by atomic mass is 127. The van der Waals surface area contributed by atoms with E-state index in [1.54, 1.807) is 0 Å². The molecule has 0 saturated heterocycles. The molecule has 102 valence electrons. The van der Waals surface area contributed by atoms with Crippen LogP contribution >= 0.6 is 22.6 Å². The summed E-state index contributed by atoms with van der Waals surface area (Å²) in [7, 11) is -7.61. The third-order valence-corrected chi connectivity index (χ3v) is 5.13. The van der Waals surface area contributed by atoms with Gasteiger partial charge in [-0.1, -0.05) is 22.6 Å². The molecular formula is C9H11FINO4S2. The molecule has 0 heterocycles. The zero-order valence-corrected chi connectivity index (χ0v) is 13.1. The second-order valence-electron chi connectivity index (χ2n) is 3.45. The van der Waals surface area contributed by atoms with Crippen molar-refractivity contribution in [1.82, 2.24) is 4.72 Å². The van der Waals surface area contributed by atoms with Gasteiger partial charge < -0.3 is 0 Å². The molecule has 0 amide bonds. The zero-order chi connectivity index (χ0) is 14.0. The van der Waals surface area contributed by atoms with Gasteiger partial charge in [-0.3, -0.25) is 0 Å². The van der Waals surface area contributed by atoms with E-state index >= 15 is 0 Å². The van der Waals surface area contributed by atoms with Gasteiger partial charge in [-0.2, -0.15) is 0 Å². The van der Waals surface area contributed by atoms with Crippen LogP contribution in [0, 0.1) is 5.82 Å². The number of nitrogens with one attached hydrogen (secondary N) is 1. The number of hydrogen-bond acceptors (Lipinski definition) is 4. The van der Waals surface area contributed by atoms with Crippen molar-refractivity contribution >= 4 is 42.5 Å². The molecule has 0 saturated carbocycles. The van der Waals surface area contributed by atoms with Crippen LogP contribution in [0.5, 0.6) is 0 Å². The fraction of sp³-hybridized carbons (Fsp3) is 0.333. The van der Waals surface area contributed by atoms with Crippen molar-refractivity contribution in [2.75, 3.05) is 17.2 Å². The lowest BCUT2D eigenvalue weighted by Crippen LogP contribution is -2.26. The number of halogens is 2. The van der Waals surface area contributed by atoms with Gasteiger partial charge in [0, 0.05) is 17.2 Å². The molecule has 9 heteroatoms. The maximum Gasteiger partial charge on any atom is 0.243 e. The molecule has 0 aromatic heterocycles. The van der Waals surface area contributed by atoms with Gasteiger partial charge in [-0.15, -0.1) is 0 Å². The van der Waals surface area contributed by atoms with Crippen LogP contribution < -0.4 is 4.72 Å². The minimum absolute atomic E-state index is 0.144. The van der Waals surface area contributed by atoms with E-state index < -0.39 is 30.6 Å². The first-order valence-electron chi connectivity index (χ1n) is 4.74. The summed E-state index contributed by atoms with van der Waals surface area (Å²) in [4.78, 5) is -0.894. The number of hydrogen-bond donors (Lipinski definition) is 1. The smallest absolute Gasteiger partial charge is 0.224 e. The monoisotopic (exact) mass is 407 g/mol. The van der Waals surface area contributed by atoms with Gasteiger partial charge >= 0.3 is 0 Å². The van der Waals surface area contributed by atoms with Crippen molar-refractivity contribution in [1.29, 1.82) is 0 Å². The van der Waals surface area contributed by atoms with E-state index in [4.69, 9.17) is 0 Å². The van der Waals surface area contributed by atoms with E-state index in [-0.39, 0.29) is 11.4 Å². The predicted molar refractivity (Wildman–Crippen MR) is 73.6 cm³/mol. The minimum atomic E-state index is -4.03. The average molecular weight is 407 g/mol. The van der Waals surface area contributed by atoms with Crippen LogP contribution in [0.4, 0.5) is 4.39 Å². The van der Waals surface area contributed by atoms with Gasteiger partial charge in [-0.25, -0.2) is 25.9 Å². The number of benzene rings is 1. The molecule has 0 atom stereocenters. The van der Waals surface area contributed by atoms with Crippen molar-refractivity contribution in [3.63, 3.8) is 0 Å². The van der Waals surface area contributed by atoms with Crippen molar-refractivity contribution < 1.29 is 21.2 Å². The summed E-state index contributed by atoms with van der Waals surface area (Å²) in [5.74, 6) is -0.983. The molecule has 0 fully saturated rings. The Kier molecular flexibility index (Phi) is 5.09. The highest BCUT2D eigenvalue weighted by molar-refractivity contribution is 14.1. The third kappa shape index (κ3) is 3.87. The van der Waals surface area contributed by atoms with E-state index in [9.17, 15) is 21.2 Å². The Morgan fingerprint density at radius 3 is 2.39 bits per heavy atom. The maximum absolute atomic E-state index is 13.5. The fourth-order valence-electron chi connectivity index (χ4n) is 1.17.